The van der Waals surface area contributed by atoms with Crippen molar-refractivity contribution >= 4 is 45.2 Å². The van der Waals surface area contributed by atoms with Gasteiger partial charge in [0.2, 0.25) is 0 Å². The molecule has 1 saturated carbocycles. The van der Waals surface area contributed by atoms with E-state index in [0.29, 0.717) is 29.7 Å². The highest BCUT2D eigenvalue weighted by Gasteiger charge is 2.29. The molecule has 0 spiro atoms. The normalized spacial score (nSPS) is 16.9. The van der Waals surface area contributed by atoms with E-state index >= 15 is 0 Å². The summed E-state index contributed by atoms with van der Waals surface area (Å²) in [5.74, 6) is 0.237. The fourth-order valence-corrected chi connectivity index (χ4v) is 5.08. The lowest BCUT2D eigenvalue weighted by Crippen LogP contribution is -2.36. The van der Waals surface area contributed by atoms with Gasteiger partial charge in [0.25, 0.3) is 0 Å². The molecule has 1 aliphatic carbocycles. The van der Waals surface area contributed by atoms with Crippen LogP contribution >= 0.6 is 11.6 Å². The number of hydrogen-bond donors (Lipinski definition) is 1. The van der Waals surface area contributed by atoms with Gasteiger partial charge in [0.15, 0.2) is 0 Å². The molecule has 0 bridgehead atoms. The van der Waals surface area contributed by atoms with Gasteiger partial charge >= 0.3 is 5.97 Å². The standard InChI is InChI=1S/C25H23ClN4O3/c26-19-6-2-5-17-20(7-8-27-22(17)19)30-21-14-16(29-9-11-33-12-10-29)13-18(25(31)32)23(21)28-24(30)15-3-1-4-15/h2,5-8,13-15H,1,3-4,9-12H2,(H,31,32). The van der Waals surface area contributed by atoms with E-state index in [1.165, 1.54) is 0 Å². The predicted molar refractivity (Wildman–Crippen MR) is 128 cm³/mol. The van der Waals surface area contributed by atoms with Gasteiger partial charge in [-0.1, -0.05) is 30.2 Å². The number of pyridine rings is 1. The average molecular weight is 463 g/mol. The number of hydrogen-bond acceptors (Lipinski definition) is 5. The Kier molecular flexibility index (Phi) is 4.96. The number of carboxylic acids is 1. The molecule has 168 valence electrons. The van der Waals surface area contributed by atoms with E-state index in [1.54, 1.807) is 12.3 Å². The molecule has 6 rings (SSSR count). The minimum Gasteiger partial charge on any atom is -0.478 e. The van der Waals surface area contributed by atoms with Gasteiger partial charge in [0.05, 0.1) is 40.5 Å². The molecular weight excluding hydrogens is 440 g/mol. The monoisotopic (exact) mass is 462 g/mol. The Morgan fingerprint density at radius 3 is 2.67 bits per heavy atom. The SMILES string of the molecule is O=C(O)c1cc(N2CCOCC2)cc2c1nc(C1CCC1)n2-c1ccnc2c(Cl)cccc12. The third-order valence-electron chi connectivity index (χ3n) is 6.79. The lowest BCUT2D eigenvalue weighted by atomic mass is 9.84. The molecule has 2 fully saturated rings. The van der Waals surface area contributed by atoms with E-state index in [4.69, 9.17) is 21.3 Å². The molecule has 0 radical (unpaired) electrons. The van der Waals surface area contributed by atoms with Crippen LogP contribution in [0.25, 0.3) is 27.6 Å². The van der Waals surface area contributed by atoms with Crippen molar-refractivity contribution in [2.45, 2.75) is 25.2 Å². The Morgan fingerprint density at radius 1 is 1.12 bits per heavy atom. The van der Waals surface area contributed by atoms with E-state index in [1.807, 2.05) is 24.3 Å². The van der Waals surface area contributed by atoms with Crippen LogP contribution in [0.5, 0.6) is 0 Å². The molecule has 1 N–H and O–H groups in total. The van der Waals surface area contributed by atoms with Crippen molar-refractivity contribution in [2.75, 3.05) is 31.2 Å². The maximum Gasteiger partial charge on any atom is 0.338 e. The number of carbonyl (C=O) groups is 1. The average Bonchev–Trinajstić information content (AvgIpc) is 3.16. The second-order valence-electron chi connectivity index (χ2n) is 8.66. The summed E-state index contributed by atoms with van der Waals surface area (Å²) in [6.07, 6.45) is 5.00. The number of halogens is 1. The molecule has 1 aliphatic heterocycles. The Balaban J connectivity index is 1.67. The second-order valence-corrected chi connectivity index (χ2v) is 9.07. The molecule has 2 aliphatic rings. The molecule has 0 amide bonds. The minimum atomic E-state index is -0.970. The first kappa shape index (κ1) is 20.4. The van der Waals surface area contributed by atoms with Gasteiger partial charge in [0.1, 0.15) is 11.3 Å². The van der Waals surface area contributed by atoms with E-state index in [2.05, 4.69) is 20.5 Å². The van der Waals surface area contributed by atoms with Crippen LogP contribution in [0.3, 0.4) is 0 Å². The van der Waals surface area contributed by atoms with E-state index in [0.717, 1.165) is 66.0 Å². The summed E-state index contributed by atoms with van der Waals surface area (Å²) in [6, 6.07) is 11.5. The topological polar surface area (TPSA) is 80.5 Å². The first-order valence-electron chi connectivity index (χ1n) is 11.3. The highest BCUT2D eigenvalue weighted by Crippen LogP contribution is 2.41. The molecule has 7 nitrogen and oxygen atoms in total. The highest BCUT2D eigenvalue weighted by molar-refractivity contribution is 6.35. The van der Waals surface area contributed by atoms with Gasteiger partial charge in [-0.25, -0.2) is 9.78 Å². The third kappa shape index (κ3) is 3.34. The number of ether oxygens (including phenoxy) is 1. The molecule has 8 heteroatoms. The van der Waals surface area contributed by atoms with Crippen molar-refractivity contribution in [1.29, 1.82) is 0 Å². The molecule has 2 aromatic carbocycles. The van der Waals surface area contributed by atoms with Crippen molar-refractivity contribution in [3.8, 4) is 5.69 Å². The first-order valence-corrected chi connectivity index (χ1v) is 11.7. The predicted octanol–water partition coefficient (Wildman–Crippen LogP) is 5.03. The molecule has 2 aromatic heterocycles. The van der Waals surface area contributed by atoms with E-state index < -0.39 is 5.97 Å². The van der Waals surface area contributed by atoms with Gasteiger partial charge in [0, 0.05) is 36.3 Å². The zero-order valence-corrected chi connectivity index (χ0v) is 18.8. The number of anilines is 1. The maximum atomic E-state index is 12.3. The van der Waals surface area contributed by atoms with Gasteiger partial charge < -0.3 is 14.7 Å². The number of carboxylic acid groups (broad SMARTS) is 1. The van der Waals surface area contributed by atoms with Gasteiger partial charge in [-0.3, -0.25) is 9.55 Å². The van der Waals surface area contributed by atoms with Crippen LogP contribution < -0.4 is 4.90 Å². The molecule has 3 heterocycles. The second kappa shape index (κ2) is 8.01. The largest absolute Gasteiger partial charge is 0.478 e. The van der Waals surface area contributed by atoms with Gasteiger partial charge in [-0.2, -0.15) is 0 Å². The zero-order valence-electron chi connectivity index (χ0n) is 18.0. The molecule has 1 saturated heterocycles. The van der Waals surface area contributed by atoms with Crippen molar-refractivity contribution in [1.82, 2.24) is 14.5 Å². The van der Waals surface area contributed by atoms with Crippen molar-refractivity contribution < 1.29 is 14.6 Å². The number of aromatic nitrogens is 3. The van der Waals surface area contributed by atoms with Crippen LogP contribution in [-0.2, 0) is 4.74 Å². The first-order chi connectivity index (χ1) is 16.1. The summed E-state index contributed by atoms with van der Waals surface area (Å²) in [6.45, 7) is 2.70. The van der Waals surface area contributed by atoms with Crippen molar-refractivity contribution in [2.24, 2.45) is 0 Å². The zero-order chi connectivity index (χ0) is 22.5. The number of aromatic carboxylic acids is 1. The molecule has 4 aromatic rings. The van der Waals surface area contributed by atoms with Crippen molar-refractivity contribution in [3.63, 3.8) is 0 Å². The summed E-state index contributed by atoms with van der Waals surface area (Å²) in [7, 11) is 0. The molecule has 0 atom stereocenters. The van der Waals surface area contributed by atoms with E-state index in [-0.39, 0.29) is 5.56 Å². The lowest BCUT2D eigenvalue weighted by molar-refractivity contribution is 0.0699. The number of fused-ring (bicyclic) bond motifs is 2. The number of para-hydroxylation sites is 1. The minimum absolute atomic E-state index is 0.227. The fraction of sp³-hybridized carbons (Fsp3) is 0.320. The number of imidazole rings is 1. The van der Waals surface area contributed by atoms with Crippen LogP contribution in [0.2, 0.25) is 5.02 Å². The Morgan fingerprint density at radius 2 is 1.94 bits per heavy atom. The lowest BCUT2D eigenvalue weighted by Gasteiger charge is -2.29. The highest BCUT2D eigenvalue weighted by atomic mass is 35.5. The Hall–Kier alpha value is -3.16. The smallest absolute Gasteiger partial charge is 0.338 e. The van der Waals surface area contributed by atoms with Gasteiger partial charge in [-0.05, 0) is 37.1 Å². The van der Waals surface area contributed by atoms with Crippen LogP contribution in [0.15, 0.2) is 42.6 Å². The number of benzene rings is 2. The summed E-state index contributed by atoms with van der Waals surface area (Å²) in [5, 5.41) is 11.6. The van der Waals surface area contributed by atoms with Crippen LogP contribution in [-0.4, -0.2) is 51.9 Å². The molecule has 0 unspecified atom stereocenters. The van der Waals surface area contributed by atoms with Gasteiger partial charge in [-0.15, -0.1) is 0 Å². The molecule has 33 heavy (non-hydrogen) atoms. The van der Waals surface area contributed by atoms with Crippen LogP contribution in [0.1, 0.15) is 41.4 Å². The Labute approximate surface area is 195 Å². The number of morpholine rings is 1. The summed E-state index contributed by atoms with van der Waals surface area (Å²) < 4.78 is 7.64. The summed E-state index contributed by atoms with van der Waals surface area (Å²) >= 11 is 6.46. The van der Waals surface area contributed by atoms with Crippen molar-refractivity contribution in [3.05, 3.63) is 59.0 Å². The van der Waals surface area contributed by atoms with Crippen LogP contribution in [0.4, 0.5) is 5.69 Å². The maximum absolute atomic E-state index is 12.3. The quantitative estimate of drug-likeness (QED) is 0.458. The molecular formula is C25H23ClN4O3. The number of rotatable bonds is 4. The fourth-order valence-electron chi connectivity index (χ4n) is 4.86. The third-order valence-corrected chi connectivity index (χ3v) is 7.09. The summed E-state index contributed by atoms with van der Waals surface area (Å²) in [5.41, 5.74) is 4.06. The van der Waals surface area contributed by atoms with E-state index in [9.17, 15) is 9.90 Å². The Bertz CT molecular complexity index is 1390. The summed E-state index contributed by atoms with van der Waals surface area (Å²) in [4.78, 5) is 23.9. The number of nitrogens with zero attached hydrogens (tertiary/aromatic N) is 4. The van der Waals surface area contributed by atoms with Crippen LogP contribution in [0, 0.1) is 0 Å².